The molecule has 0 amide bonds. The van der Waals surface area contributed by atoms with Crippen molar-refractivity contribution < 1.29 is 18.0 Å². The topological polar surface area (TPSA) is 50.3 Å². The van der Waals surface area contributed by atoms with Crippen LogP contribution < -0.4 is 0 Å². The van der Waals surface area contributed by atoms with Crippen molar-refractivity contribution >= 4 is 16.7 Å². The summed E-state index contributed by atoms with van der Waals surface area (Å²) in [6.07, 6.45) is 1.80. The normalized spacial score (nSPS) is 18.4. The van der Waals surface area contributed by atoms with Gasteiger partial charge in [0.25, 0.3) is 0 Å². The predicted octanol–water partition coefficient (Wildman–Crippen LogP) is 6.69. The number of hydrogen-bond acceptors (Lipinski definition) is 3. The largest absolute Gasteiger partial charge is 0.417 e. The third kappa shape index (κ3) is 3.40. The maximum Gasteiger partial charge on any atom is 0.417 e. The molecule has 1 aliphatic heterocycles. The standard InChI is InChI=1S/C24H24F3N3O/c1-14-12-17(16-8-4-5-9-18(16)24(25,26)27)15(2)21-20(14)28-22(29-21)19-13-23(31-30-19)10-6-3-7-11-23/h4-5,8-9,12H,3,6-7,10-11,13H2,1-2H3,(H,28,29). The first-order valence-electron chi connectivity index (χ1n) is 10.7. The van der Waals surface area contributed by atoms with Crippen LogP contribution in [-0.4, -0.2) is 21.3 Å². The summed E-state index contributed by atoms with van der Waals surface area (Å²) in [5.41, 5.74) is 3.71. The molecule has 162 valence electrons. The molecular formula is C24H24F3N3O. The van der Waals surface area contributed by atoms with E-state index < -0.39 is 11.7 Å². The van der Waals surface area contributed by atoms with Gasteiger partial charge in [0.05, 0.1) is 16.6 Å². The average Bonchev–Trinajstić information content (AvgIpc) is 3.36. The number of oxime groups is 1. The number of halogens is 3. The lowest BCUT2D eigenvalue weighted by Gasteiger charge is -2.30. The number of aromatic amines is 1. The van der Waals surface area contributed by atoms with Gasteiger partial charge < -0.3 is 9.82 Å². The van der Waals surface area contributed by atoms with Crippen LogP contribution in [0.5, 0.6) is 0 Å². The van der Waals surface area contributed by atoms with E-state index in [9.17, 15) is 13.2 Å². The Labute approximate surface area is 178 Å². The number of nitrogens with one attached hydrogen (secondary N) is 1. The Hall–Kier alpha value is -2.83. The second kappa shape index (κ2) is 7.11. The minimum absolute atomic E-state index is 0.171. The van der Waals surface area contributed by atoms with Gasteiger partial charge >= 0.3 is 6.18 Å². The van der Waals surface area contributed by atoms with E-state index in [0.29, 0.717) is 28.9 Å². The van der Waals surface area contributed by atoms with Gasteiger partial charge in [-0.25, -0.2) is 4.98 Å². The molecule has 5 rings (SSSR count). The van der Waals surface area contributed by atoms with E-state index in [-0.39, 0.29) is 11.2 Å². The fourth-order valence-electron chi connectivity index (χ4n) is 4.95. The van der Waals surface area contributed by atoms with Gasteiger partial charge in [-0.05, 0) is 73.9 Å². The lowest BCUT2D eigenvalue weighted by molar-refractivity contribution is -0.137. The smallest absolute Gasteiger partial charge is 0.388 e. The van der Waals surface area contributed by atoms with Crippen LogP contribution in [-0.2, 0) is 11.0 Å². The Balaban J connectivity index is 1.58. The number of imidazole rings is 1. The van der Waals surface area contributed by atoms with E-state index in [1.807, 2.05) is 13.8 Å². The van der Waals surface area contributed by atoms with E-state index in [1.165, 1.54) is 18.6 Å². The summed E-state index contributed by atoms with van der Waals surface area (Å²) in [6, 6.07) is 7.50. The minimum Gasteiger partial charge on any atom is -0.388 e. The molecule has 0 atom stereocenters. The number of aromatic nitrogens is 2. The number of benzene rings is 2. The quantitative estimate of drug-likeness (QED) is 0.495. The second-order valence-corrected chi connectivity index (χ2v) is 8.77. The Morgan fingerprint density at radius 1 is 1.03 bits per heavy atom. The lowest BCUT2D eigenvalue weighted by Crippen LogP contribution is -2.31. The van der Waals surface area contributed by atoms with Crippen LogP contribution >= 0.6 is 0 Å². The third-order valence-corrected chi connectivity index (χ3v) is 6.62. The van der Waals surface area contributed by atoms with Crippen molar-refractivity contribution in [3.63, 3.8) is 0 Å². The molecular weight excluding hydrogens is 403 g/mol. The van der Waals surface area contributed by atoms with Crippen molar-refractivity contribution in [1.82, 2.24) is 9.97 Å². The summed E-state index contributed by atoms with van der Waals surface area (Å²) in [5, 5.41) is 4.34. The molecule has 0 bridgehead atoms. The molecule has 3 aromatic rings. The molecule has 2 aliphatic rings. The zero-order valence-corrected chi connectivity index (χ0v) is 17.6. The molecule has 2 heterocycles. The van der Waals surface area contributed by atoms with E-state index >= 15 is 0 Å². The molecule has 1 saturated carbocycles. The fourth-order valence-corrected chi connectivity index (χ4v) is 4.95. The molecule has 1 aliphatic carbocycles. The van der Waals surface area contributed by atoms with Gasteiger partial charge in [0.1, 0.15) is 11.3 Å². The van der Waals surface area contributed by atoms with Crippen molar-refractivity contribution in [1.29, 1.82) is 0 Å². The highest BCUT2D eigenvalue weighted by Crippen LogP contribution is 2.41. The van der Waals surface area contributed by atoms with E-state index in [1.54, 1.807) is 12.1 Å². The molecule has 1 aromatic heterocycles. The first kappa shape index (κ1) is 20.1. The highest BCUT2D eigenvalue weighted by atomic mass is 19.4. The van der Waals surface area contributed by atoms with Gasteiger partial charge in [-0.1, -0.05) is 29.8 Å². The van der Waals surface area contributed by atoms with Crippen LogP contribution in [0.15, 0.2) is 35.5 Å². The molecule has 0 radical (unpaired) electrons. The molecule has 2 aromatic carbocycles. The summed E-state index contributed by atoms with van der Waals surface area (Å²) in [4.78, 5) is 14.0. The zero-order chi connectivity index (χ0) is 21.8. The van der Waals surface area contributed by atoms with Crippen LogP contribution in [0.3, 0.4) is 0 Å². The van der Waals surface area contributed by atoms with Crippen LogP contribution in [0.25, 0.3) is 22.2 Å². The van der Waals surface area contributed by atoms with Crippen molar-refractivity contribution in [3.05, 3.63) is 52.8 Å². The van der Waals surface area contributed by atoms with Crippen molar-refractivity contribution in [3.8, 4) is 11.1 Å². The van der Waals surface area contributed by atoms with Crippen LogP contribution in [0.1, 0.15) is 61.0 Å². The molecule has 1 fully saturated rings. The van der Waals surface area contributed by atoms with Crippen LogP contribution in [0.2, 0.25) is 0 Å². The zero-order valence-electron chi connectivity index (χ0n) is 17.6. The molecule has 31 heavy (non-hydrogen) atoms. The Kier molecular flexibility index (Phi) is 4.61. The average molecular weight is 427 g/mol. The lowest BCUT2D eigenvalue weighted by atomic mass is 9.81. The Morgan fingerprint density at radius 3 is 2.52 bits per heavy atom. The maximum atomic E-state index is 13.6. The van der Waals surface area contributed by atoms with Gasteiger partial charge in [0.15, 0.2) is 5.82 Å². The van der Waals surface area contributed by atoms with Crippen LogP contribution in [0.4, 0.5) is 13.2 Å². The predicted molar refractivity (Wildman–Crippen MR) is 114 cm³/mol. The minimum atomic E-state index is -4.42. The number of rotatable bonds is 2. The van der Waals surface area contributed by atoms with Crippen molar-refractivity contribution in [2.75, 3.05) is 0 Å². The third-order valence-electron chi connectivity index (χ3n) is 6.62. The molecule has 1 spiro atoms. The summed E-state index contributed by atoms with van der Waals surface area (Å²) in [5.74, 6) is 0.643. The van der Waals surface area contributed by atoms with Crippen LogP contribution in [0, 0.1) is 13.8 Å². The molecule has 0 saturated heterocycles. The fraction of sp³-hybridized carbons (Fsp3) is 0.417. The highest BCUT2D eigenvalue weighted by Gasteiger charge is 2.41. The summed E-state index contributed by atoms with van der Waals surface area (Å²) in [7, 11) is 0. The number of nitrogens with zero attached hydrogens (tertiary/aromatic N) is 2. The van der Waals surface area contributed by atoms with Gasteiger partial charge in [-0.3, -0.25) is 0 Å². The van der Waals surface area contributed by atoms with Gasteiger partial charge in [-0.15, -0.1) is 0 Å². The Morgan fingerprint density at radius 2 is 1.77 bits per heavy atom. The maximum absolute atomic E-state index is 13.6. The Bertz CT molecular complexity index is 1190. The SMILES string of the molecule is Cc1c(-c2ccccc2C(F)(F)F)cc(C)c2[nH]c(C3=NOC4(CCCCC4)C3)nc12. The molecule has 1 N–H and O–H groups in total. The monoisotopic (exact) mass is 427 g/mol. The first-order chi connectivity index (χ1) is 14.8. The summed E-state index contributed by atoms with van der Waals surface area (Å²) in [6.45, 7) is 3.71. The summed E-state index contributed by atoms with van der Waals surface area (Å²) >= 11 is 0. The molecule has 7 heteroatoms. The highest BCUT2D eigenvalue weighted by molar-refractivity contribution is 6.02. The molecule has 4 nitrogen and oxygen atoms in total. The summed E-state index contributed by atoms with van der Waals surface area (Å²) < 4.78 is 40.8. The van der Waals surface area contributed by atoms with E-state index in [4.69, 9.17) is 9.82 Å². The van der Waals surface area contributed by atoms with Gasteiger partial charge in [0, 0.05) is 6.42 Å². The van der Waals surface area contributed by atoms with E-state index in [2.05, 4.69) is 10.1 Å². The molecule has 0 unspecified atom stereocenters. The number of aryl methyl sites for hydroxylation is 2. The van der Waals surface area contributed by atoms with Gasteiger partial charge in [0.2, 0.25) is 0 Å². The van der Waals surface area contributed by atoms with Crippen molar-refractivity contribution in [2.45, 2.75) is 64.1 Å². The number of fused-ring (bicyclic) bond motifs is 1. The first-order valence-corrected chi connectivity index (χ1v) is 10.7. The number of hydrogen-bond donors (Lipinski definition) is 1. The van der Waals surface area contributed by atoms with E-state index in [0.717, 1.165) is 48.5 Å². The van der Waals surface area contributed by atoms with Crippen molar-refractivity contribution in [2.24, 2.45) is 5.16 Å². The van der Waals surface area contributed by atoms with Gasteiger partial charge in [-0.2, -0.15) is 13.2 Å². The number of H-pyrrole nitrogens is 1. The second-order valence-electron chi connectivity index (χ2n) is 8.77. The number of alkyl halides is 3.